The highest BCUT2D eigenvalue weighted by molar-refractivity contribution is 5.96. The largest absolute Gasteiger partial charge is 0.496 e. The minimum Gasteiger partial charge on any atom is -0.496 e. The number of rotatable bonds is 5. The van der Waals surface area contributed by atoms with Crippen molar-refractivity contribution in [3.63, 3.8) is 0 Å². The summed E-state index contributed by atoms with van der Waals surface area (Å²) in [4.78, 5) is 23.8. The van der Waals surface area contributed by atoms with E-state index in [-0.39, 0.29) is 5.91 Å². The first-order valence-electron chi connectivity index (χ1n) is 8.68. The van der Waals surface area contributed by atoms with Gasteiger partial charge < -0.3 is 15.0 Å². The molecule has 1 saturated heterocycles. The van der Waals surface area contributed by atoms with Crippen LogP contribution in [0.5, 0.6) is 5.75 Å². The Kier molecular flexibility index (Phi) is 5.48. The molecule has 1 fully saturated rings. The second kappa shape index (κ2) is 7.96. The number of ether oxygens (including phenoxy) is 1. The summed E-state index contributed by atoms with van der Waals surface area (Å²) in [5.74, 6) is 1.94. The van der Waals surface area contributed by atoms with E-state index < -0.39 is 0 Å². The molecule has 1 amide bonds. The average molecular weight is 340 g/mol. The molecule has 1 aromatic heterocycles. The lowest BCUT2D eigenvalue weighted by Gasteiger charge is -2.28. The molecule has 6 nitrogen and oxygen atoms in total. The number of para-hydroxylation sites is 1. The van der Waals surface area contributed by atoms with Crippen molar-refractivity contribution in [3.05, 3.63) is 47.4 Å². The van der Waals surface area contributed by atoms with Gasteiger partial charge in [-0.15, -0.1) is 0 Å². The molecule has 1 aromatic carbocycles. The molecule has 0 spiro atoms. The van der Waals surface area contributed by atoms with Crippen molar-refractivity contribution in [2.24, 2.45) is 0 Å². The van der Waals surface area contributed by atoms with E-state index in [1.807, 2.05) is 25.1 Å². The number of anilines is 1. The van der Waals surface area contributed by atoms with Crippen LogP contribution in [0.2, 0.25) is 0 Å². The summed E-state index contributed by atoms with van der Waals surface area (Å²) in [5, 5.41) is 2.88. The molecule has 1 aliphatic rings. The van der Waals surface area contributed by atoms with Crippen LogP contribution in [0.15, 0.2) is 30.3 Å². The van der Waals surface area contributed by atoms with Crippen LogP contribution in [0.3, 0.4) is 0 Å². The number of carbonyl (C=O) groups excluding carboxylic acids is 1. The maximum absolute atomic E-state index is 12.4. The number of piperidine rings is 1. The molecular formula is C19H24N4O2. The van der Waals surface area contributed by atoms with Crippen LogP contribution in [0.4, 0.5) is 5.82 Å². The van der Waals surface area contributed by atoms with E-state index in [4.69, 9.17) is 4.74 Å². The minimum atomic E-state index is -0.193. The minimum absolute atomic E-state index is 0.193. The highest BCUT2D eigenvalue weighted by Gasteiger charge is 2.15. The normalized spacial score (nSPS) is 14.2. The molecule has 2 aromatic rings. The zero-order valence-electron chi connectivity index (χ0n) is 14.8. The number of nitrogens with one attached hydrogen (secondary N) is 1. The number of hydrogen-bond donors (Lipinski definition) is 1. The quantitative estimate of drug-likeness (QED) is 0.906. The van der Waals surface area contributed by atoms with Gasteiger partial charge in [-0.05, 0) is 38.3 Å². The summed E-state index contributed by atoms with van der Waals surface area (Å²) in [6.45, 7) is 4.31. The van der Waals surface area contributed by atoms with Gasteiger partial charge in [0.1, 0.15) is 17.4 Å². The number of methoxy groups -OCH3 is 1. The summed E-state index contributed by atoms with van der Waals surface area (Å²) >= 11 is 0. The first-order valence-corrected chi connectivity index (χ1v) is 8.68. The van der Waals surface area contributed by atoms with E-state index in [1.54, 1.807) is 19.2 Å². The number of aromatic nitrogens is 2. The van der Waals surface area contributed by atoms with Crippen LogP contribution in [0.1, 0.15) is 41.1 Å². The van der Waals surface area contributed by atoms with Crippen LogP contribution >= 0.6 is 0 Å². The predicted molar refractivity (Wildman–Crippen MR) is 97.0 cm³/mol. The highest BCUT2D eigenvalue weighted by atomic mass is 16.5. The Labute approximate surface area is 148 Å². The van der Waals surface area contributed by atoms with Crippen molar-refractivity contribution in [2.45, 2.75) is 32.7 Å². The van der Waals surface area contributed by atoms with Crippen LogP contribution in [-0.2, 0) is 6.54 Å². The Morgan fingerprint density at radius 2 is 1.96 bits per heavy atom. The molecule has 0 bridgehead atoms. The molecule has 0 saturated carbocycles. The molecule has 2 heterocycles. The maximum Gasteiger partial charge on any atom is 0.255 e. The summed E-state index contributed by atoms with van der Waals surface area (Å²) in [5.41, 5.74) is 1.42. The summed E-state index contributed by atoms with van der Waals surface area (Å²) in [7, 11) is 1.56. The van der Waals surface area contributed by atoms with E-state index in [9.17, 15) is 4.79 Å². The molecule has 0 aliphatic carbocycles. The number of hydrogen-bond acceptors (Lipinski definition) is 5. The molecule has 0 atom stereocenters. The predicted octanol–water partition coefficient (Wildman–Crippen LogP) is 2.71. The average Bonchev–Trinajstić information content (AvgIpc) is 2.66. The number of nitrogens with zero attached hydrogens (tertiary/aromatic N) is 3. The standard InChI is InChI=1S/C19H24N4O2/c1-14-12-18(23-10-6-3-7-11-23)22-17(21-14)13-20-19(24)15-8-4-5-9-16(15)25-2/h4-5,8-9,12H,3,6-7,10-11,13H2,1-2H3,(H,20,24). The van der Waals surface area contributed by atoms with Crippen LogP contribution in [0, 0.1) is 6.92 Å². The lowest BCUT2D eigenvalue weighted by molar-refractivity contribution is 0.0947. The van der Waals surface area contributed by atoms with Crippen LogP contribution < -0.4 is 15.0 Å². The third-order valence-electron chi connectivity index (χ3n) is 4.33. The molecule has 3 rings (SSSR count). The molecule has 25 heavy (non-hydrogen) atoms. The lowest BCUT2D eigenvalue weighted by Crippen LogP contribution is -2.31. The van der Waals surface area contributed by atoms with E-state index >= 15 is 0 Å². The number of benzene rings is 1. The first-order chi connectivity index (χ1) is 12.2. The molecule has 0 unspecified atom stereocenters. The Hall–Kier alpha value is -2.63. The maximum atomic E-state index is 12.4. The third-order valence-corrected chi connectivity index (χ3v) is 4.33. The molecule has 6 heteroatoms. The van der Waals surface area contributed by atoms with E-state index in [0.717, 1.165) is 24.6 Å². The summed E-state index contributed by atoms with van der Waals surface area (Å²) in [6.07, 6.45) is 3.67. The molecule has 1 N–H and O–H groups in total. The van der Waals surface area contributed by atoms with Gasteiger partial charge in [0.25, 0.3) is 5.91 Å². The zero-order chi connectivity index (χ0) is 17.6. The number of carbonyl (C=O) groups is 1. The first kappa shape index (κ1) is 17.2. The van der Waals surface area contributed by atoms with E-state index in [2.05, 4.69) is 20.2 Å². The van der Waals surface area contributed by atoms with Gasteiger partial charge in [0.05, 0.1) is 19.2 Å². The van der Waals surface area contributed by atoms with Crippen molar-refractivity contribution in [1.82, 2.24) is 15.3 Å². The van der Waals surface area contributed by atoms with Crippen molar-refractivity contribution in [1.29, 1.82) is 0 Å². The topological polar surface area (TPSA) is 67.3 Å². The molecular weight excluding hydrogens is 316 g/mol. The Morgan fingerprint density at radius 3 is 2.72 bits per heavy atom. The Morgan fingerprint density at radius 1 is 1.20 bits per heavy atom. The van der Waals surface area contributed by atoms with Gasteiger partial charge in [-0.3, -0.25) is 4.79 Å². The fourth-order valence-corrected chi connectivity index (χ4v) is 3.06. The number of amides is 1. The van der Waals surface area contributed by atoms with Gasteiger partial charge in [0.2, 0.25) is 0 Å². The van der Waals surface area contributed by atoms with Gasteiger partial charge in [-0.25, -0.2) is 9.97 Å². The summed E-state index contributed by atoms with van der Waals surface area (Å²) in [6, 6.07) is 9.17. The van der Waals surface area contributed by atoms with Gasteiger partial charge in [-0.1, -0.05) is 12.1 Å². The number of aryl methyl sites for hydroxylation is 1. The molecule has 132 valence electrons. The van der Waals surface area contributed by atoms with Gasteiger partial charge in [-0.2, -0.15) is 0 Å². The van der Waals surface area contributed by atoms with Crippen molar-refractivity contribution in [3.8, 4) is 5.75 Å². The van der Waals surface area contributed by atoms with Gasteiger partial charge in [0.15, 0.2) is 0 Å². The second-order valence-corrected chi connectivity index (χ2v) is 6.21. The van der Waals surface area contributed by atoms with Crippen molar-refractivity contribution in [2.75, 3.05) is 25.1 Å². The molecule has 0 radical (unpaired) electrons. The highest BCUT2D eigenvalue weighted by Crippen LogP contribution is 2.19. The van der Waals surface area contributed by atoms with E-state index in [1.165, 1.54) is 19.3 Å². The van der Waals surface area contributed by atoms with E-state index in [0.29, 0.717) is 23.7 Å². The monoisotopic (exact) mass is 340 g/mol. The van der Waals surface area contributed by atoms with Gasteiger partial charge in [0, 0.05) is 24.8 Å². The smallest absolute Gasteiger partial charge is 0.255 e. The van der Waals surface area contributed by atoms with Crippen molar-refractivity contribution < 1.29 is 9.53 Å². The lowest BCUT2D eigenvalue weighted by atomic mass is 10.1. The fraction of sp³-hybridized carbons (Fsp3) is 0.421. The van der Waals surface area contributed by atoms with Crippen LogP contribution in [-0.4, -0.2) is 36.1 Å². The van der Waals surface area contributed by atoms with Crippen molar-refractivity contribution >= 4 is 11.7 Å². The van der Waals surface area contributed by atoms with Gasteiger partial charge >= 0.3 is 0 Å². The SMILES string of the molecule is COc1ccccc1C(=O)NCc1nc(C)cc(N2CCCCC2)n1. The Bertz CT molecular complexity index is 742. The molecule has 1 aliphatic heterocycles. The Balaban J connectivity index is 1.70. The van der Waals surface area contributed by atoms with Crippen LogP contribution in [0.25, 0.3) is 0 Å². The third kappa shape index (κ3) is 4.26. The summed E-state index contributed by atoms with van der Waals surface area (Å²) < 4.78 is 5.24. The zero-order valence-corrected chi connectivity index (χ0v) is 14.8. The second-order valence-electron chi connectivity index (χ2n) is 6.21. The fourth-order valence-electron chi connectivity index (χ4n) is 3.06.